The number of hydrogen-bond acceptors (Lipinski definition) is 4. The number of nitrogens with zero attached hydrogens (tertiary/aromatic N) is 2. The summed E-state index contributed by atoms with van der Waals surface area (Å²) in [4.78, 5) is 19.0. The molecule has 0 aliphatic heterocycles. The van der Waals surface area contributed by atoms with E-state index >= 15 is 0 Å². The first kappa shape index (κ1) is 15.5. The molecule has 0 atom stereocenters. The van der Waals surface area contributed by atoms with Crippen molar-refractivity contribution in [3.05, 3.63) is 10.6 Å². The van der Waals surface area contributed by atoms with Crippen LogP contribution in [0, 0.1) is 5.92 Å². The van der Waals surface area contributed by atoms with E-state index in [4.69, 9.17) is 4.98 Å². The van der Waals surface area contributed by atoms with Gasteiger partial charge in [0.2, 0.25) is 0 Å². The fourth-order valence-corrected chi connectivity index (χ4v) is 4.07. The highest BCUT2D eigenvalue weighted by Crippen LogP contribution is 2.33. The molecule has 1 saturated carbocycles. The van der Waals surface area contributed by atoms with E-state index in [1.165, 1.54) is 32.1 Å². The number of aldehydes is 1. The predicted molar refractivity (Wildman–Crippen MR) is 85.9 cm³/mol. The minimum absolute atomic E-state index is 0.595. The molecular weight excluding hydrogens is 268 g/mol. The van der Waals surface area contributed by atoms with Crippen molar-refractivity contribution in [2.24, 2.45) is 5.92 Å². The van der Waals surface area contributed by atoms with Gasteiger partial charge in [0.25, 0.3) is 0 Å². The zero-order chi connectivity index (χ0) is 14.5. The van der Waals surface area contributed by atoms with Crippen LogP contribution in [-0.2, 0) is 6.42 Å². The molecule has 4 heteroatoms. The Labute approximate surface area is 126 Å². The number of carbonyl (C=O) groups is 1. The molecule has 20 heavy (non-hydrogen) atoms. The van der Waals surface area contributed by atoms with Gasteiger partial charge >= 0.3 is 0 Å². The fraction of sp³-hybridized carbons (Fsp3) is 0.750. The van der Waals surface area contributed by atoms with Crippen LogP contribution in [-0.4, -0.2) is 24.4 Å². The highest BCUT2D eigenvalue weighted by atomic mass is 32.1. The number of anilines is 1. The minimum Gasteiger partial charge on any atom is -0.348 e. The van der Waals surface area contributed by atoms with Crippen LogP contribution in [0.5, 0.6) is 0 Å². The SMILES string of the molecule is CCCc1nc(N(C)C2CCC(CC)CC2)sc1C=O. The Hall–Kier alpha value is -0.900. The number of aryl methyl sites for hydroxylation is 1. The molecule has 1 aromatic rings. The molecule has 0 amide bonds. The van der Waals surface area contributed by atoms with E-state index in [9.17, 15) is 4.79 Å². The molecule has 0 unspecified atom stereocenters. The van der Waals surface area contributed by atoms with Crippen LogP contribution in [0.3, 0.4) is 0 Å². The van der Waals surface area contributed by atoms with Crippen LogP contribution in [0.1, 0.15) is 67.7 Å². The second-order valence-electron chi connectivity index (χ2n) is 5.87. The summed E-state index contributed by atoms with van der Waals surface area (Å²) in [5.41, 5.74) is 0.983. The van der Waals surface area contributed by atoms with Gasteiger partial charge < -0.3 is 4.90 Å². The van der Waals surface area contributed by atoms with Gasteiger partial charge in [0.1, 0.15) is 0 Å². The summed E-state index contributed by atoms with van der Waals surface area (Å²) in [6, 6.07) is 0.595. The molecule has 3 nitrogen and oxygen atoms in total. The molecular formula is C16H26N2OS. The van der Waals surface area contributed by atoms with E-state index < -0.39 is 0 Å². The normalized spacial score (nSPS) is 22.8. The summed E-state index contributed by atoms with van der Waals surface area (Å²) in [7, 11) is 2.14. The number of rotatable bonds is 6. The number of aromatic nitrogens is 1. The molecule has 0 aromatic carbocycles. The summed E-state index contributed by atoms with van der Waals surface area (Å²) in [5, 5.41) is 1.02. The maximum atomic E-state index is 11.1. The molecule has 0 radical (unpaired) electrons. The average Bonchev–Trinajstić information content (AvgIpc) is 2.90. The van der Waals surface area contributed by atoms with Crippen LogP contribution in [0.15, 0.2) is 0 Å². The van der Waals surface area contributed by atoms with Crippen molar-refractivity contribution in [2.75, 3.05) is 11.9 Å². The third-order valence-electron chi connectivity index (χ3n) is 4.55. The maximum absolute atomic E-state index is 11.1. The van der Waals surface area contributed by atoms with Gasteiger partial charge in [0.05, 0.1) is 10.6 Å². The monoisotopic (exact) mass is 294 g/mol. The standard InChI is InChI=1S/C16H26N2OS/c1-4-6-14-15(11-19)20-16(17-14)18(3)13-9-7-12(5-2)8-10-13/h11-13H,4-10H2,1-3H3. The van der Waals surface area contributed by atoms with Gasteiger partial charge in [0.15, 0.2) is 11.4 Å². The Morgan fingerprint density at radius 3 is 2.55 bits per heavy atom. The molecule has 1 aliphatic rings. The van der Waals surface area contributed by atoms with Gasteiger partial charge in [-0.1, -0.05) is 38.0 Å². The Morgan fingerprint density at radius 1 is 1.30 bits per heavy atom. The lowest BCUT2D eigenvalue weighted by Crippen LogP contribution is -2.35. The van der Waals surface area contributed by atoms with Crippen LogP contribution in [0.4, 0.5) is 5.13 Å². The fourth-order valence-electron chi connectivity index (χ4n) is 3.11. The van der Waals surface area contributed by atoms with Crippen LogP contribution in [0.25, 0.3) is 0 Å². The molecule has 1 heterocycles. The molecule has 1 aromatic heterocycles. The van der Waals surface area contributed by atoms with Crippen molar-refractivity contribution in [2.45, 2.75) is 64.8 Å². The third kappa shape index (κ3) is 3.40. The molecule has 0 N–H and O–H groups in total. The van der Waals surface area contributed by atoms with Gasteiger partial charge in [0, 0.05) is 13.1 Å². The molecule has 1 aliphatic carbocycles. The van der Waals surface area contributed by atoms with Gasteiger partial charge in [-0.3, -0.25) is 4.79 Å². The van der Waals surface area contributed by atoms with E-state index in [2.05, 4.69) is 25.8 Å². The molecule has 0 saturated heterocycles. The Balaban J connectivity index is 2.05. The summed E-state index contributed by atoms with van der Waals surface area (Å²) in [5.74, 6) is 0.914. The predicted octanol–water partition coefficient (Wildman–Crippen LogP) is 4.31. The van der Waals surface area contributed by atoms with Gasteiger partial charge in [-0.25, -0.2) is 4.98 Å². The Kier molecular flexibility index (Phi) is 5.58. The van der Waals surface area contributed by atoms with Gasteiger partial charge in [-0.15, -0.1) is 0 Å². The van der Waals surface area contributed by atoms with Crippen molar-refractivity contribution in [3.8, 4) is 0 Å². The van der Waals surface area contributed by atoms with Crippen molar-refractivity contribution in [3.63, 3.8) is 0 Å². The first-order valence-electron chi connectivity index (χ1n) is 7.87. The zero-order valence-corrected chi connectivity index (χ0v) is 13.7. The lowest BCUT2D eigenvalue weighted by molar-refractivity contribution is 0.112. The quantitative estimate of drug-likeness (QED) is 0.733. The highest BCUT2D eigenvalue weighted by Gasteiger charge is 2.25. The average molecular weight is 294 g/mol. The first-order chi connectivity index (χ1) is 9.69. The lowest BCUT2D eigenvalue weighted by Gasteiger charge is -2.34. The number of thiazole rings is 1. The smallest absolute Gasteiger partial charge is 0.186 e. The molecule has 0 spiro atoms. The van der Waals surface area contributed by atoms with Gasteiger partial charge in [-0.05, 0) is 38.0 Å². The van der Waals surface area contributed by atoms with Crippen LogP contribution >= 0.6 is 11.3 Å². The summed E-state index contributed by atoms with van der Waals surface area (Å²) < 4.78 is 0. The Morgan fingerprint density at radius 2 is 2.00 bits per heavy atom. The minimum atomic E-state index is 0.595. The Bertz CT molecular complexity index is 436. The topological polar surface area (TPSA) is 33.2 Å². The number of carbonyl (C=O) groups excluding carboxylic acids is 1. The van der Waals surface area contributed by atoms with Crippen molar-refractivity contribution in [1.82, 2.24) is 4.98 Å². The largest absolute Gasteiger partial charge is 0.348 e. The summed E-state index contributed by atoms with van der Waals surface area (Å²) in [6.07, 6.45) is 9.40. The van der Waals surface area contributed by atoms with Crippen molar-refractivity contribution >= 4 is 22.8 Å². The molecule has 2 rings (SSSR count). The highest BCUT2D eigenvalue weighted by molar-refractivity contribution is 7.17. The van der Waals surface area contributed by atoms with Crippen LogP contribution < -0.4 is 4.90 Å². The summed E-state index contributed by atoms with van der Waals surface area (Å²) >= 11 is 1.55. The lowest BCUT2D eigenvalue weighted by atomic mass is 9.84. The van der Waals surface area contributed by atoms with E-state index in [0.29, 0.717) is 6.04 Å². The van der Waals surface area contributed by atoms with Gasteiger partial charge in [-0.2, -0.15) is 0 Å². The second-order valence-corrected chi connectivity index (χ2v) is 6.88. The number of hydrogen-bond donors (Lipinski definition) is 0. The first-order valence-corrected chi connectivity index (χ1v) is 8.68. The van der Waals surface area contributed by atoms with Crippen molar-refractivity contribution < 1.29 is 4.79 Å². The van der Waals surface area contributed by atoms with Crippen LogP contribution in [0.2, 0.25) is 0 Å². The molecule has 0 bridgehead atoms. The van der Waals surface area contributed by atoms with E-state index in [-0.39, 0.29) is 0 Å². The molecule has 112 valence electrons. The molecule has 1 fully saturated rings. The van der Waals surface area contributed by atoms with E-state index in [0.717, 1.165) is 40.7 Å². The third-order valence-corrected chi connectivity index (χ3v) is 5.67. The van der Waals surface area contributed by atoms with Crippen molar-refractivity contribution in [1.29, 1.82) is 0 Å². The second kappa shape index (κ2) is 7.21. The maximum Gasteiger partial charge on any atom is 0.186 e. The summed E-state index contributed by atoms with van der Waals surface area (Å²) in [6.45, 7) is 4.42. The van der Waals surface area contributed by atoms with E-state index in [1.807, 2.05) is 0 Å². The zero-order valence-electron chi connectivity index (χ0n) is 12.9. The van der Waals surface area contributed by atoms with E-state index in [1.54, 1.807) is 11.3 Å².